The monoisotopic (exact) mass is 271 g/mol. The zero-order chi connectivity index (χ0) is 13.9. The number of allylic oxidation sites excluding steroid dienone is 2. The number of aromatic hydroxyl groups is 1. The van der Waals surface area contributed by atoms with Gasteiger partial charge in [-0.25, -0.2) is 0 Å². The van der Waals surface area contributed by atoms with Crippen molar-refractivity contribution in [2.24, 2.45) is 17.8 Å². The summed E-state index contributed by atoms with van der Waals surface area (Å²) in [5.41, 5.74) is 1.30. The molecule has 1 aromatic rings. The summed E-state index contributed by atoms with van der Waals surface area (Å²) in [7, 11) is 0. The fourth-order valence-electron chi connectivity index (χ4n) is 3.63. The summed E-state index contributed by atoms with van der Waals surface area (Å²) in [4.78, 5) is 0. The van der Waals surface area contributed by atoms with E-state index in [1.54, 1.807) is 12.1 Å². The van der Waals surface area contributed by atoms with Crippen LogP contribution in [0.1, 0.15) is 31.7 Å². The zero-order valence-corrected chi connectivity index (χ0v) is 12.3. The zero-order valence-electron chi connectivity index (χ0n) is 12.3. The molecular formula is C18H25NO. The first-order chi connectivity index (χ1) is 9.70. The molecule has 0 aromatic heterocycles. The predicted molar refractivity (Wildman–Crippen MR) is 82.7 cm³/mol. The first-order valence-corrected chi connectivity index (χ1v) is 7.90. The van der Waals surface area contributed by atoms with Crippen LogP contribution in [0.5, 0.6) is 5.75 Å². The van der Waals surface area contributed by atoms with Crippen molar-refractivity contribution >= 4 is 0 Å². The van der Waals surface area contributed by atoms with Crippen molar-refractivity contribution in [2.75, 3.05) is 6.54 Å². The third-order valence-electron chi connectivity index (χ3n) is 4.95. The van der Waals surface area contributed by atoms with E-state index < -0.39 is 0 Å². The molecule has 2 heteroatoms. The number of hydrogen-bond donors (Lipinski definition) is 2. The van der Waals surface area contributed by atoms with E-state index in [1.807, 2.05) is 12.1 Å². The molecule has 0 radical (unpaired) electrons. The average Bonchev–Trinajstić information content (AvgIpc) is 3.07. The van der Waals surface area contributed by atoms with E-state index in [9.17, 15) is 5.11 Å². The first-order valence-electron chi connectivity index (χ1n) is 7.90. The van der Waals surface area contributed by atoms with Gasteiger partial charge in [0.05, 0.1) is 0 Å². The Kier molecular flexibility index (Phi) is 4.11. The largest absolute Gasteiger partial charge is 0.508 e. The summed E-state index contributed by atoms with van der Waals surface area (Å²) in [5, 5.41) is 13.0. The van der Waals surface area contributed by atoms with Gasteiger partial charge in [-0.3, -0.25) is 0 Å². The highest BCUT2D eigenvalue weighted by Crippen LogP contribution is 2.42. The maximum absolute atomic E-state index is 9.27. The number of aryl methyl sites for hydroxylation is 1. The molecule has 20 heavy (non-hydrogen) atoms. The van der Waals surface area contributed by atoms with Gasteiger partial charge < -0.3 is 10.4 Å². The number of benzene rings is 1. The van der Waals surface area contributed by atoms with Crippen LogP contribution in [0.15, 0.2) is 36.4 Å². The standard InChI is InChI=1S/C18H25NO/c1-13(2-3-14-5-8-18(20)9-6-14)19-12-17-11-15-4-7-16(17)10-15/h4-9,13,15-17,19-20H,2-3,10-12H2,1H3. The number of rotatable bonds is 6. The summed E-state index contributed by atoms with van der Waals surface area (Å²) >= 11 is 0. The Hall–Kier alpha value is -1.28. The van der Waals surface area contributed by atoms with Crippen molar-refractivity contribution in [1.82, 2.24) is 5.32 Å². The Bertz CT molecular complexity index is 465. The van der Waals surface area contributed by atoms with E-state index >= 15 is 0 Å². The minimum absolute atomic E-state index is 0.351. The van der Waals surface area contributed by atoms with Gasteiger partial charge in [-0.1, -0.05) is 24.3 Å². The molecule has 108 valence electrons. The van der Waals surface area contributed by atoms with Crippen molar-refractivity contribution in [3.05, 3.63) is 42.0 Å². The van der Waals surface area contributed by atoms with Gasteiger partial charge in [0.2, 0.25) is 0 Å². The van der Waals surface area contributed by atoms with Crippen LogP contribution in [0.25, 0.3) is 0 Å². The van der Waals surface area contributed by atoms with Crippen molar-refractivity contribution < 1.29 is 5.11 Å². The molecule has 4 unspecified atom stereocenters. The summed E-state index contributed by atoms with van der Waals surface area (Å²) in [6.45, 7) is 3.45. The van der Waals surface area contributed by atoms with Crippen LogP contribution in [-0.4, -0.2) is 17.7 Å². The van der Waals surface area contributed by atoms with Gasteiger partial charge in [0.1, 0.15) is 5.75 Å². The van der Waals surface area contributed by atoms with Crippen LogP contribution in [0.4, 0.5) is 0 Å². The molecule has 2 aliphatic rings. The number of phenols is 1. The highest BCUT2D eigenvalue weighted by atomic mass is 16.3. The number of hydrogen-bond acceptors (Lipinski definition) is 2. The highest BCUT2D eigenvalue weighted by Gasteiger charge is 2.35. The third-order valence-corrected chi connectivity index (χ3v) is 4.95. The lowest BCUT2D eigenvalue weighted by Gasteiger charge is -2.21. The van der Waals surface area contributed by atoms with Crippen molar-refractivity contribution in [1.29, 1.82) is 0 Å². The molecule has 2 aliphatic carbocycles. The second kappa shape index (κ2) is 6.01. The number of nitrogens with one attached hydrogen (secondary N) is 1. The molecule has 2 bridgehead atoms. The fraction of sp³-hybridized carbons (Fsp3) is 0.556. The quantitative estimate of drug-likeness (QED) is 0.776. The van der Waals surface area contributed by atoms with E-state index in [1.165, 1.54) is 24.9 Å². The molecule has 1 saturated carbocycles. The first kappa shape index (κ1) is 13.7. The van der Waals surface area contributed by atoms with Crippen LogP contribution in [0.2, 0.25) is 0 Å². The molecule has 0 saturated heterocycles. The van der Waals surface area contributed by atoms with Gasteiger partial charge >= 0.3 is 0 Å². The lowest BCUT2D eigenvalue weighted by Crippen LogP contribution is -2.33. The van der Waals surface area contributed by atoms with E-state index in [2.05, 4.69) is 24.4 Å². The molecule has 1 fully saturated rings. The molecule has 0 spiro atoms. The summed E-state index contributed by atoms with van der Waals surface area (Å²) in [5.74, 6) is 2.93. The van der Waals surface area contributed by atoms with Crippen molar-refractivity contribution in [3.63, 3.8) is 0 Å². The van der Waals surface area contributed by atoms with Gasteiger partial charge in [-0.15, -0.1) is 0 Å². The molecule has 1 aromatic carbocycles. The Labute approximate surface area is 121 Å². The number of phenolic OH excluding ortho intramolecular Hbond substituents is 1. The normalized spacial score (nSPS) is 28.9. The van der Waals surface area contributed by atoms with E-state index in [0.717, 1.165) is 30.6 Å². The lowest BCUT2D eigenvalue weighted by molar-refractivity contribution is 0.382. The Morgan fingerprint density at radius 3 is 2.65 bits per heavy atom. The van der Waals surface area contributed by atoms with Crippen molar-refractivity contribution in [3.8, 4) is 5.75 Å². The smallest absolute Gasteiger partial charge is 0.115 e. The summed E-state index contributed by atoms with van der Waals surface area (Å²) in [6, 6.07) is 8.14. The lowest BCUT2D eigenvalue weighted by atomic mass is 9.93. The van der Waals surface area contributed by atoms with E-state index in [4.69, 9.17) is 0 Å². The SMILES string of the molecule is CC(CCc1ccc(O)cc1)NCC1CC2C=CC1C2. The maximum atomic E-state index is 9.27. The average molecular weight is 271 g/mol. The second-order valence-corrected chi connectivity index (χ2v) is 6.55. The van der Waals surface area contributed by atoms with Crippen LogP contribution in [-0.2, 0) is 6.42 Å². The number of fused-ring (bicyclic) bond motifs is 2. The Balaban J connectivity index is 1.38. The molecule has 0 heterocycles. The summed E-state index contributed by atoms with van der Waals surface area (Å²) in [6.07, 6.45) is 9.86. The highest BCUT2D eigenvalue weighted by molar-refractivity contribution is 5.25. The third kappa shape index (κ3) is 3.24. The van der Waals surface area contributed by atoms with Gasteiger partial charge in [-0.05, 0) is 74.6 Å². The van der Waals surface area contributed by atoms with Crippen LogP contribution in [0.3, 0.4) is 0 Å². The molecule has 0 aliphatic heterocycles. The second-order valence-electron chi connectivity index (χ2n) is 6.55. The Morgan fingerprint density at radius 2 is 2.00 bits per heavy atom. The fourth-order valence-corrected chi connectivity index (χ4v) is 3.63. The van der Waals surface area contributed by atoms with Crippen molar-refractivity contribution in [2.45, 2.75) is 38.6 Å². The van der Waals surface area contributed by atoms with Gasteiger partial charge in [0, 0.05) is 6.04 Å². The van der Waals surface area contributed by atoms with Gasteiger partial charge in [0.15, 0.2) is 0 Å². The predicted octanol–water partition coefficient (Wildman–Crippen LogP) is 3.52. The maximum Gasteiger partial charge on any atom is 0.115 e. The Morgan fingerprint density at radius 1 is 1.20 bits per heavy atom. The van der Waals surface area contributed by atoms with Gasteiger partial charge in [0.25, 0.3) is 0 Å². The van der Waals surface area contributed by atoms with E-state index in [0.29, 0.717) is 11.8 Å². The molecule has 2 N–H and O–H groups in total. The molecular weight excluding hydrogens is 246 g/mol. The van der Waals surface area contributed by atoms with Crippen LogP contribution in [0, 0.1) is 17.8 Å². The van der Waals surface area contributed by atoms with E-state index in [-0.39, 0.29) is 0 Å². The molecule has 0 amide bonds. The minimum Gasteiger partial charge on any atom is -0.508 e. The summed E-state index contributed by atoms with van der Waals surface area (Å²) < 4.78 is 0. The molecule has 4 atom stereocenters. The van der Waals surface area contributed by atoms with Gasteiger partial charge in [-0.2, -0.15) is 0 Å². The molecule has 3 rings (SSSR count). The molecule has 2 nitrogen and oxygen atoms in total. The topological polar surface area (TPSA) is 32.3 Å². The van der Waals surface area contributed by atoms with Crippen LogP contribution < -0.4 is 5.32 Å². The minimum atomic E-state index is 0.351. The van der Waals surface area contributed by atoms with Crippen LogP contribution >= 0.6 is 0 Å².